The van der Waals surface area contributed by atoms with Crippen LogP contribution in [0.4, 0.5) is 10.1 Å². The molecule has 0 aliphatic carbocycles. The molecule has 0 aromatic heterocycles. The Balaban J connectivity index is 1.87. The zero-order valence-electron chi connectivity index (χ0n) is 11.5. The topological polar surface area (TPSA) is 52.9 Å². The molecule has 0 atom stereocenters. The van der Waals surface area contributed by atoms with Crippen molar-refractivity contribution in [3.05, 3.63) is 58.9 Å². The molecule has 1 amide bonds. The Labute approximate surface area is 137 Å². The fourth-order valence-electron chi connectivity index (χ4n) is 1.71. The van der Waals surface area contributed by atoms with Crippen LogP contribution in [0.2, 0.25) is 5.02 Å². The molecule has 0 heterocycles. The van der Waals surface area contributed by atoms with Gasteiger partial charge in [-0.1, -0.05) is 23.7 Å². The minimum atomic E-state index is -0.479. The second-order valence-corrected chi connectivity index (χ2v) is 5.90. The Hall–Kier alpha value is -2.03. The fraction of sp³-hybridized carbons (Fsp3) is 0.125. The highest BCUT2D eigenvalue weighted by atomic mass is 35.5. The number of amides is 1. The largest absolute Gasteiger partial charge is 0.325 e. The van der Waals surface area contributed by atoms with Crippen LogP contribution in [0.5, 0.6) is 0 Å². The van der Waals surface area contributed by atoms with Crippen molar-refractivity contribution in [3.8, 4) is 6.07 Å². The monoisotopic (exact) mass is 334 g/mol. The molecule has 0 unspecified atom stereocenters. The summed E-state index contributed by atoms with van der Waals surface area (Å²) in [6.45, 7) is 0. The van der Waals surface area contributed by atoms with Crippen molar-refractivity contribution in [2.75, 3.05) is 11.1 Å². The quantitative estimate of drug-likeness (QED) is 0.830. The number of hydrogen-bond donors (Lipinski definition) is 1. The Morgan fingerprint density at radius 3 is 2.64 bits per heavy atom. The summed E-state index contributed by atoms with van der Waals surface area (Å²) in [5, 5.41) is 11.4. The molecule has 0 aliphatic rings. The molecule has 0 spiro atoms. The predicted molar refractivity (Wildman–Crippen MR) is 86.5 cm³/mol. The molecule has 1 N–H and O–H groups in total. The third kappa shape index (κ3) is 4.76. The first-order valence-corrected chi connectivity index (χ1v) is 7.78. The van der Waals surface area contributed by atoms with Crippen LogP contribution in [-0.4, -0.2) is 11.7 Å². The summed E-state index contributed by atoms with van der Waals surface area (Å²) in [4.78, 5) is 12.6. The summed E-state index contributed by atoms with van der Waals surface area (Å²) in [6, 6.07) is 13.5. The van der Waals surface area contributed by atoms with E-state index in [0.29, 0.717) is 12.1 Å². The van der Waals surface area contributed by atoms with E-state index >= 15 is 0 Å². The SMILES string of the molecule is N#CCc1ccc(NC(=O)CSc2ccc(F)c(Cl)c2)cc1. The van der Waals surface area contributed by atoms with Crippen molar-refractivity contribution in [1.82, 2.24) is 0 Å². The number of nitriles is 1. The molecule has 22 heavy (non-hydrogen) atoms. The zero-order chi connectivity index (χ0) is 15.9. The van der Waals surface area contributed by atoms with Gasteiger partial charge in [-0.15, -0.1) is 11.8 Å². The molecule has 112 valence electrons. The van der Waals surface area contributed by atoms with E-state index in [4.69, 9.17) is 16.9 Å². The second kappa shape index (κ2) is 7.83. The van der Waals surface area contributed by atoms with E-state index in [1.807, 2.05) is 0 Å². The van der Waals surface area contributed by atoms with Gasteiger partial charge in [0.05, 0.1) is 23.3 Å². The number of thioether (sulfide) groups is 1. The van der Waals surface area contributed by atoms with Crippen LogP contribution >= 0.6 is 23.4 Å². The van der Waals surface area contributed by atoms with E-state index in [2.05, 4.69) is 11.4 Å². The molecule has 0 saturated carbocycles. The summed E-state index contributed by atoms with van der Waals surface area (Å²) >= 11 is 6.96. The van der Waals surface area contributed by atoms with E-state index in [1.165, 1.54) is 23.9 Å². The average molecular weight is 335 g/mol. The van der Waals surface area contributed by atoms with E-state index in [-0.39, 0.29) is 16.7 Å². The summed E-state index contributed by atoms with van der Waals surface area (Å²) in [7, 11) is 0. The number of nitrogens with one attached hydrogen (secondary N) is 1. The molecule has 0 radical (unpaired) electrons. The molecule has 0 bridgehead atoms. The lowest BCUT2D eigenvalue weighted by Gasteiger charge is -2.06. The zero-order valence-corrected chi connectivity index (χ0v) is 13.0. The maximum Gasteiger partial charge on any atom is 0.234 e. The van der Waals surface area contributed by atoms with E-state index in [0.717, 1.165) is 10.5 Å². The third-order valence-corrected chi connectivity index (χ3v) is 4.07. The third-order valence-electron chi connectivity index (χ3n) is 2.78. The standard InChI is InChI=1S/C16H12ClFN2OS/c17-14-9-13(5-6-15(14)18)22-10-16(21)20-12-3-1-11(2-4-12)7-8-19/h1-6,9H,7,10H2,(H,20,21). The molecule has 6 heteroatoms. The number of benzene rings is 2. The number of nitrogens with zero attached hydrogens (tertiary/aromatic N) is 1. The number of halogens is 2. The van der Waals surface area contributed by atoms with E-state index in [9.17, 15) is 9.18 Å². The lowest BCUT2D eigenvalue weighted by atomic mass is 10.1. The maximum absolute atomic E-state index is 13.0. The second-order valence-electron chi connectivity index (χ2n) is 4.44. The molecule has 2 aromatic rings. The van der Waals surface area contributed by atoms with Crippen molar-refractivity contribution in [2.45, 2.75) is 11.3 Å². The van der Waals surface area contributed by atoms with Crippen molar-refractivity contribution in [3.63, 3.8) is 0 Å². The summed E-state index contributed by atoms with van der Waals surface area (Å²) in [5.41, 5.74) is 1.57. The van der Waals surface area contributed by atoms with Gasteiger partial charge in [0.1, 0.15) is 5.82 Å². The maximum atomic E-state index is 13.0. The predicted octanol–water partition coefficient (Wildman–Crippen LogP) is 4.28. The van der Waals surface area contributed by atoms with Crippen LogP contribution in [0.25, 0.3) is 0 Å². The Morgan fingerprint density at radius 1 is 1.27 bits per heavy atom. The number of carbonyl (C=O) groups is 1. The van der Waals surface area contributed by atoms with Gasteiger partial charge in [-0.25, -0.2) is 4.39 Å². The normalized spacial score (nSPS) is 10.0. The van der Waals surface area contributed by atoms with Gasteiger partial charge in [0, 0.05) is 10.6 Å². The first-order chi connectivity index (χ1) is 10.6. The summed E-state index contributed by atoms with van der Waals surface area (Å²) in [6.07, 6.45) is 0.343. The molecule has 2 aromatic carbocycles. The Bertz CT molecular complexity index is 713. The van der Waals surface area contributed by atoms with Crippen LogP contribution < -0.4 is 5.32 Å². The lowest BCUT2D eigenvalue weighted by Crippen LogP contribution is -2.13. The van der Waals surface area contributed by atoms with E-state index < -0.39 is 5.82 Å². The Morgan fingerprint density at radius 2 is 2.00 bits per heavy atom. The highest BCUT2D eigenvalue weighted by molar-refractivity contribution is 8.00. The van der Waals surface area contributed by atoms with Gasteiger partial charge >= 0.3 is 0 Å². The Kier molecular flexibility index (Phi) is 5.82. The van der Waals surface area contributed by atoms with Crippen LogP contribution in [0.1, 0.15) is 5.56 Å². The van der Waals surface area contributed by atoms with Gasteiger partial charge in [-0.05, 0) is 35.9 Å². The lowest BCUT2D eigenvalue weighted by molar-refractivity contribution is -0.113. The molecular formula is C16H12ClFN2OS. The molecule has 3 nitrogen and oxygen atoms in total. The average Bonchev–Trinajstić information content (AvgIpc) is 2.51. The van der Waals surface area contributed by atoms with Crippen LogP contribution in [0, 0.1) is 17.1 Å². The summed E-state index contributed by atoms with van der Waals surface area (Å²) in [5.74, 6) is -0.451. The smallest absolute Gasteiger partial charge is 0.234 e. The number of carbonyl (C=O) groups excluding carboxylic acids is 1. The van der Waals surface area contributed by atoms with Crippen molar-refractivity contribution >= 4 is 35.0 Å². The van der Waals surface area contributed by atoms with Crippen LogP contribution in [0.15, 0.2) is 47.4 Å². The van der Waals surface area contributed by atoms with E-state index in [1.54, 1.807) is 30.3 Å². The minimum absolute atomic E-state index is 0.0403. The van der Waals surface area contributed by atoms with Gasteiger partial charge < -0.3 is 5.32 Å². The minimum Gasteiger partial charge on any atom is -0.325 e. The highest BCUT2D eigenvalue weighted by Gasteiger charge is 2.06. The van der Waals surface area contributed by atoms with Crippen molar-refractivity contribution in [1.29, 1.82) is 5.26 Å². The first kappa shape index (κ1) is 16.3. The summed E-state index contributed by atoms with van der Waals surface area (Å²) < 4.78 is 13.0. The van der Waals surface area contributed by atoms with Crippen molar-refractivity contribution in [2.24, 2.45) is 0 Å². The van der Waals surface area contributed by atoms with Gasteiger partial charge in [0.2, 0.25) is 5.91 Å². The highest BCUT2D eigenvalue weighted by Crippen LogP contribution is 2.24. The molecule has 0 saturated heterocycles. The number of anilines is 1. The molecule has 2 rings (SSSR count). The van der Waals surface area contributed by atoms with Crippen LogP contribution in [0.3, 0.4) is 0 Å². The number of rotatable bonds is 5. The first-order valence-electron chi connectivity index (χ1n) is 6.42. The number of hydrogen-bond acceptors (Lipinski definition) is 3. The van der Waals surface area contributed by atoms with Gasteiger partial charge in [-0.3, -0.25) is 4.79 Å². The van der Waals surface area contributed by atoms with Gasteiger partial charge in [0.25, 0.3) is 0 Å². The fourth-order valence-corrected chi connectivity index (χ4v) is 2.69. The van der Waals surface area contributed by atoms with Crippen molar-refractivity contribution < 1.29 is 9.18 Å². The molecular weight excluding hydrogens is 323 g/mol. The van der Waals surface area contributed by atoms with Gasteiger partial charge in [-0.2, -0.15) is 5.26 Å². The van der Waals surface area contributed by atoms with Crippen LogP contribution in [-0.2, 0) is 11.2 Å². The molecule has 0 fully saturated rings. The van der Waals surface area contributed by atoms with Gasteiger partial charge in [0.15, 0.2) is 0 Å². The molecule has 0 aliphatic heterocycles.